The van der Waals surface area contributed by atoms with Crippen LogP contribution in [0.15, 0.2) is 12.2 Å². The van der Waals surface area contributed by atoms with Gasteiger partial charge in [-0.25, -0.2) is 0 Å². The van der Waals surface area contributed by atoms with Crippen LogP contribution in [0.1, 0.15) is 13.3 Å². The van der Waals surface area contributed by atoms with Crippen molar-refractivity contribution in [2.24, 2.45) is 23.7 Å². The number of ether oxygens (including phenoxy) is 1. The second kappa shape index (κ2) is 3.68. The van der Waals surface area contributed by atoms with E-state index in [1.54, 1.807) is 6.92 Å². The van der Waals surface area contributed by atoms with Crippen LogP contribution in [0.2, 0.25) is 0 Å². The lowest BCUT2D eigenvalue weighted by Crippen LogP contribution is -2.34. The van der Waals surface area contributed by atoms with E-state index < -0.39 is 17.8 Å². The van der Waals surface area contributed by atoms with Crippen LogP contribution in [-0.4, -0.2) is 23.7 Å². The van der Waals surface area contributed by atoms with Gasteiger partial charge in [-0.2, -0.15) is 0 Å². The second-order valence-electron chi connectivity index (χ2n) is 4.09. The highest BCUT2D eigenvalue weighted by molar-refractivity contribution is 5.83. The van der Waals surface area contributed by atoms with Gasteiger partial charge in [0.25, 0.3) is 0 Å². The van der Waals surface area contributed by atoms with Crippen molar-refractivity contribution in [1.29, 1.82) is 0 Å². The summed E-state index contributed by atoms with van der Waals surface area (Å²) in [6.07, 6.45) is 4.64. The number of aliphatic carboxylic acids is 1. The molecule has 4 heteroatoms. The SMILES string of the molecule is CCOC(=O)[C@@H]1[C@@H](C(=O)O)[C@@H]2C=C[C@H]1C2. The molecule has 4 nitrogen and oxygen atoms in total. The normalized spacial score (nSPS) is 36.9. The lowest BCUT2D eigenvalue weighted by Gasteiger charge is -2.22. The molecule has 2 aliphatic rings. The van der Waals surface area contributed by atoms with E-state index in [1.165, 1.54) is 0 Å². The highest BCUT2D eigenvalue weighted by atomic mass is 16.5. The molecule has 0 heterocycles. The summed E-state index contributed by atoms with van der Waals surface area (Å²) in [6, 6.07) is 0. The van der Waals surface area contributed by atoms with Gasteiger partial charge in [-0.1, -0.05) is 12.2 Å². The molecule has 0 aromatic carbocycles. The summed E-state index contributed by atoms with van der Waals surface area (Å²) in [4.78, 5) is 22.7. The Labute approximate surface area is 87.9 Å². The Balaban J connectivity index is 2.19. The van der Waals surface area contributed by atoms with Crippen molar-refractivity contribution in [2.75, 3.05) is 6.61 Å². The van der Waals surface area contributed by atoms with Crippen molar-refractivity contribution in [3.05, 3.63) is 12.2 Å². The van der Waals surface area contributed by atoms with Crippen molar-refractivity contribution < 1.29 is 19.4 Å². The van der Waals surface area contributed by atoms with Crippen LogP contribution in [0.4, 0.5) is 0 Å². The lowest BCUT2D eigenvalue weighted by atomic mass is 9.83. The van der Waals surface area contributed by atoms with Gasteiger partial charge >= 0.3 is 11.9 Å². The van der Waals surface area contributed by atoms with E-state index in [-0.39, 0.29) is 17.8 Å². The number of carbonyl (C=O) groups excluding carboxylic acids is 1. The van der Waals surface area contributed by atoms with Gasteiger partial charge < -0.3 is 9.84 Å². The van der Waals surface area contributed by atoms with E-state index >= 15 is 0 Å². The fourth-order valence-electron chi connectivity index (χ4n) is 2.72. The van der Waals surface area contributed by atoms with Gasteiger partial charge in [0.15, 0.2) is 0 Å². The average molecular weight is 210 g/mol. The Morgan fingerprint density at radius 1 is 1.33 bits per heavy atom. The minimum atomic E-state index is -0.884. The monoisotopic (exact) mass is 210 g/mol. The molecular weight excluding hydrogens is 196 g/mol. The van der Waals surface area contributed by atoms with Crippen LogP contribution >= 0.6 is 0 Å². The van der Waals surface area contributed by atoms with Crippen molar-refractivity contribution in [2.45, 2.75) is 13.3 Å². The molecule has 0 radical (unpaired) electrons. The molecule has 15 heavy (non-hydrogen) atoms. The molecule has 0 amide bonds. The minimum absolute atomic E-state index is 0.0157. The molecular formula is C11H14O4. The van der Waals surface area contributed by atoms with E-state index in [9.17, 15) is 9.59 Å². The van der Waals surface area contributed by atoms with Gasteiger partial charge in [0.2, 0.25) is 0 Å². The van der Waals surface area contributed by atoms with Gasteiger partial charge in [0.05, 0.1) is 18.4 Å². The highest BCUT2D eigenvalue weighted by Gasteiger charge is 2.52. The second-order valence-corrected chi connectivity index (χ2v) is 4.09. The van der Waals surface area contributed by atoms with E-state index in [2.05, 4.69) is 0 Å². The van der Waals surface area contributed by atoms with Crippen molar-refractivity contribution in [1.82, 2.24) is 0 Å². The fourth-order valence-corrected chi connectivity index (χ4v) is 2.72. The molecule has 1 saturated carbocycles. The zero-order chi connectivity index (χ0) is 11.0. The lowest BCUT2D eigenvalue weighted by molar-refractivity contribution is -0.158. The quantitative estimate of drug-likeness (QED) is 0.559. The maximum atomic E-state index is 11.6. The van der Waals surface area contributed by atoms with Crippen LogP contribution in [0.3, 0.4) is 0 Å². The Morgan fingerprint density at radius 2 is 1.93 bits per heavy atom. The molecule has 1 N–H and O–H groups in total. The maximum absolute atomic E-state index is 11.6. The molecule has 4 atom stereocenters. The highest BCUT2D eigenvalue weighted by Crippen LogP contribution is 2.48. The van der Waals surface area contributed by atoms with Crippen molar-refractivity contribution in [3.8, 4) is 0 Å². The third kappa shape index (κ3) is 1.54. The maximum Gasteiger partial charge on any atom is 0.310 e. The van der Waals surface area contributed by atoms with E-state index in [4.69, 9.17) is 9.84 Å². The Kier molecular flexibility index (Phi) is 2.50. The number of carboxylic acids is 1. The summed E-state index contributed by atoms with van der Waals surface area (Å²) in [7, 11) is 0. The summed E-state index contributed by atoms with van der Waals surface area (Å²) < 4.78 is 4.92. The summed E-state index contributed by atoms with van der Waals surface area (Å²) in [6.45, 7) is 2.04. The first-order valence-electron chi connectivity index (χ1n) is 5.23. The van der Waals surface area contributed by atoms with Gasteiger partial charge in [-0.3, -0.25) is 9.59 Å². The molecule has 0 spiro atoms. The van der Waals surface area contributed by atoms with Crippen molar-refractivity contribution in [3.63, 3.8) is 0 Å². The standard InChI is InChI=1S/C11H14O4/c1-2-15-11(14)9-7-4-3-6(5-7)8(9)10(12)13/h3-4,6-9H,2,5H2,1H3,(H,12,13)/t6-,7+,8+,9+/m1/s1. The third-order valence-corrected chi connectivity index (χ3v) is 3.30. The first-order chi connectivity index (χ1) is 7.15. The summed E-state index contributed by atoms with van der Waals surface area (Å²) in [5, 5.41) is 9.08. The van der Waals surface area contributed by atoms with E-state index in [0.717, 1.165) is 6.42 Å². The smallest absolute Gasteiger partial charge is 0.310 e. The predicted octanol–water partition coefficient (Wildman–Crippen LogP) is 1.07. The number of carbonyl (C=O) groups is 2. The molecule has 0 aromatic rings. The van der Waals surface area contributed by atoms with E-state index in [1.807, 2.05) is 12.2 Å². The fraction of sp³-hybridized carbons (Fsp3) is 0.636. The first kappa shape index (κ1) is 10.2. The Hall–Kier alpha value is -1.32. The number of esters is 1. The topological polar surface area (TPSA) is 63.6 Å². The molecule has 0 aliphatic heterocycles. The number of hydrogen-bond donors (Lipinski definition) is 1. The minimum Gasteiger partial charge on any atom is -0.481 e. The van der Waals surface area contributed by atoms with Crippen LogP contribution < -0.4 is 0 Å². The zero-order valence-corrected chi connectivity index (χ0v) is 8.55. The molecule has 2 bridgehead atoms. The van der Waals surface area contributed by atoms with Crippen LogP contribution in [-0.2, 0) is 14.3 Å². The Bertz CT molecular complexity index is 321. The molecule has 1 fully saturated rings. The predicted molar refractivity (Wildman–Crippen MR) is 52.0 cm³/mol. The van der Waals surface area contributed by atoms with Gasteiger partial charge in [0, 0.05) is 0 Å². The van der Waals surface area contributed by atoms with Crippen LogP contribution in [0.25, 0.3) is 0 Å². The summed E-state index contributed by atoms with van der Waals surface area (Å²) in [5.74, 6) is -2.22. The summed E-state index contributed by atoms with van der Waals surface area (Å²) in [5.41, 5.74) is 0. The van der Waals surface area contributed by atoms with Gasteiger partial charge in [-0.05, 0) is 25.2 Å². The van der Waals surface area contributed by atoms with Crippen LogP contribution in [0, 0.1) is 23.7 Å². The number of fused-ring (bicyclic) bond motifs is 2. The molecule has 2 rings (SSSR count). The molecule has 0 saturated heterocycles. The van der Waals surface area contributed by atoms with Gasteiger partial charge in [-0.15, -0.1) is 0 Å². The number of carboxylic acid groups (broad SMARTS) is 1. The van der Waals surface area contributed by atoms with Gasteiger partial charge in [0.1, 0.15) is 0 Å². The average Bonchev–Trinajstić information content (AvgIpc) is 2.76. The number of hydrogen-bond acceptors (Lipinski definition) is 3. The molecule has 0 unspecified atom stereocenters. The largest absolute Gasteiger partial charge is 0.481 e. The molecule has 82 valence electrons. The zero-order valence-electron chi connectivity index (χ0n) is 8.55. The molecule has 0 aromatic heterocycles. The number of allylic oxidation sites excluding steroid dienone is 2. The Morgan fingerprint density at radius 3 is 2.47 bits per heavy atom. The third-order valence-electron chi connectivity index (χ3n) is 3.30. The van der Waals surface area contributed by atoms with Crippen molar-refractivity contribution >= 4 is 11.9 Å². The molecule has 2 aliphatic carbocycles. The van der Waals surface area contributed by atoms with Crippen LogP contribution in [0.5, 0.6) is 0 Å². The van der Waals surface area contributed by atoms with E-state index in [0.29, 0.717) is 6.61 Å². The number of rotatable bonds is 3. The first-order valence-corrected chi connectivity index (χ1v) is 5.23. The summed E-state index contributed by atoms with van der Waals surface area (Å²) >= 11 is 0.